The normalized spacial score (nSPS) is 11.7. The molecule has 0 aliphatic rings. The lowest BCUT2D eigenvalue weighted by atomic mass is 10.2. The molecule has 7 nitrogen and oxygen atoms in total. The van der Waals surface area contributed by atoms with Gasteiger partial charge in [0.1, 0.15) is 17.1 Å². The Kier molecular flexibility index (Phi) is 5.38. The fourth-order valence-corrected chi connectivity index (χ4v) is 2.27. The number of hydrogen-bond acceptors (Lipinski definition) is 5. The number of nitrogens with one attached hydrogen (secondary N) is 2. The maximum Gasteiger partial charge on any atom is 0.279 e. The van der Waals surface area contributed by atoms with Gasteiger partial charge in [-0.05, 0) is 39.0 Å². The maximum absolute atomic E-state index is 12.0. The fourth-order valence-electron chi connectivity index (χ4n) is 1.89. The number of carbonyl (C=O) groups excluding carboxylic acids is 2. The summed E-state index contributed by atoms with van der Waals surface area (Å²) in [6.07, 6.45) is -0.783. The quantitative estimate of drug-likeness (QED) is 0.792. The van der Waals surface area contributed by atoms with Crippen molar-refractivity contribution in [3.05, 3.63) is 45.8 Å². The van der Waals surface area contributed by atoms with Crippen LogP contribution in [0.25, 0.3) is 0 Å². The predicted octanol–water partition coefficient (Wildman–Crippen LogP) is 2.28. The zero-order valence-corrected chi connectivity index (χ0v) is 14.4. The molecule has 8 heteroatoms. The van der Waals surface area contributed by atoms with Crippen molar-refractivity contribution >= 4 is 27.7 Å². The summed E-state index contributed by atoms with van der Waals surface area (Å²) in [7, 11) is 0. The number of rotatable bonds is 4. The van der Waals surface area contributed by atoms with Gasteiger partial charge in [0.05, 0.1) is 5.69 Å². The van der Waals surface area contributed by atoms with Crippen LogP contribution in [0.2, 0.25) is 0 Å². The van der Waals surface area contributed by atoms with Gasteiger partial charge in [0, 0.05) is 4.47 Å². The molecule has 0 aliphatic heterocycles. The Morgan fingerprint density at radius 2 is 2.04 bits per heavy atom. The zero-order valence-electron chi connectivity index (χ0n) is 12.8. The van der Waals surface area contributed by atoms with Crippen molar-refractivity contribution in [2.45, 2.75) is 26.9 Å². The van der Waals surface area contributed by atoms with Crippen molar-refractivity contribution in [1.29, 1.82) is 0 Å². The molecule has 2 rings (SSSR count). The number of aryl methyl sites for hydroxylation is 2. The third kappa shape index (κ3) is 4.32. The molecule has 0 saturated heterocycles. The van der Waals surface area contributed by atoms with E-state index < -0.39 is 17.9 Å². The van der Waals surface area contributed by atoms with E-state index >= 15 is 0 Å². The molecule has 0 fully saturated rings. The van der Waals surface area contributed by atoms with Gasteiger partial charge in [-0.1, -0.05) is 27.2 Å². The minimum absolute atomic E-state index is 0.297. The topological polar surface area (TPSA) is 93.5 Å². The summed E-state index contributed by atoms with van der Waals surface area (Å²) in [6.45, 7) is 4.85. The molecule has 0 saturated carbocycles. The highest BCUT2D eigenvalue weighted by Gasteiger charge is 2.20. The van der Waals surface area contributed by atoms with Crippen LogP contribution in [0.1, 0.15) is 28.7 Å². The highest BCUT2D eigenvalue weighted by molar-refractivity contribution is 9.10. The summed E-state index contributed by atoms with van der Waals surface area (Å²) in [5.41, 5.74) is 5.38. The third-order valence-electron chi connectivity index (χ3n) is 3.04. The molecule has 0 bridgehead atoms. The van der Waals surface area contributed by atoms with E-state index in [-0.39, 0.29) is 0 Å². The van der Waals surface area contributed by atoms with Crippen LogP contribution in [0.15, 0.2) is 33.3 Å². The third-order valence-corrected chi connectivity index (χ3v) is 3.53. The first-order valence-electron chi connectivity index (χ1n) is 6.83. The summed E-state index contributed by atoms with van der Waals surface area (Å²) in [6, 6.07) is 7.12. The smallest absolute Gasteiger partial charge is 0.279 e. The number of nitrogens with zero attached hydrogens (tertiary/aromatic N) is 1. The summed E-state index contributed by atoms with van der Waals surface area (Å²) in [5, 5.41) is 3.69. The average Bonchev–Trinajstić information content (AvgIpc) is 2.83. The molecular formula is C15H16BrN3O4. The van der Waals surface area contributed by atoms with E-state index in [1.165, 1.54) is 0 Å². The van der Waals surface area contributed by atoms with Gasteiger partial charge in [-0.2, -0.15) is 0 Å². The number of amides is 2. The Bertz CT molecular complexity index is 710. The minimum atomic E-state index is -0.783. The van der Waals surface area contributed by atoms with Crippen molar-refractivity contribution in [1.82, 2.24) is 16.0 Å². The van der Waals surface area contributed by atoms with Gasteiger partial charge >= 0.3 is 0 Å². The predicted molar refractivity (Wildman–Crippen MR) is 85.8 cm³/mol. The largest absolute Gasteiger partial charge is 0.481 e. The molecule has 0 aliphatic carbocycles. The van der Waals surface area contributed by atoms with E-state index in [1.54, 1.807) is 39.0 Å². The van der Waals surface area contributed by atoms with Crippen LogP contribution in [-0.2, 0) is 4.79 Å². The van der Waals surface area contributed by atoms with Crippen LogP contribution >= 0.6 is 15.9 Å². The molecule has 0 radical (unpaired) electrons. The second-order valence-electron chi connectivity index (χ2n) is 4.86. The van der Waals surface area contributed by atoms with Crippen molar-refractivity contribution in [2.75, 3.05) is 0 Å². The number of carbonyl (C=O) groups is 2. The molecule has 1 atom stereocenters. The summed E-state index contributed by atoms with van der Waals surface area (Å²) >= 11 is 3.32. The van der Waals surface area contributed by atoms with Crippen LogP contribution in [0.5, 0.6) is 5.75 Å². The lowest BCUT2D eigenvalue weighted by Crippen LogP contribution is -2.47. The van der Waals surface area contributed by atoms with Gasteiger partial charge < -0.3 is 9.26 Å². The lowest BCUT2D eigenvalue weighted by Gasteiger charge is -2.15. The Labute approximate surface area is 141 Å². The van der Waals surface area contributed by atoms with Crippen LogP contribution in [0, 0.1) is 13.8 Å². The van der Waals surface area contributed by atoms with E-state index in [0.717, 1.165) is 4.47 Å². The molecule has 0 unspecified atom stereocenters. The highest BCUT2D eigenvalue weighted by Crippen LogP contribution is 2.18. The highest BCUT2D eigenvalue weighted by atomic mass is 79.9. The monoisotopic (exact) mass is 381 g/mol. The van der Waals surface area contributed by atoms with Crippen molar-refractivity contribution in [3.8, 4) is 5.75 Å². The number of aromatic nitrogens is 1. The van der Waals surface area contributed by atoms with E-state index in [2.05, 4.69) is 31.9 Å². The summed E-state index contributed by atoms with van der Waals surface area (Å²) in [5.74, 6) is -0.0545. The molecule has 1 aromatic carbocycles. The van der Waals surface area contributed by atoms with E-state index in [4.69, 9.17) is 9.26 Å². The average molecular weight is 382 g/mol. The molecular weight excluding hydrogens is 366 g/mol. The molecule has 1 heterocycles. The minimum Gasteiger partial charge on any atom is -0.481 e. The van der Waals surface area contributed by atoms with Crippen molar-refractivity contribution < 1.29 is 18.8 Å². The van der Waals surface area contributed by atoms with Crippen LogP contribution in [-0.4, -0.2) is 23.1 Å². The van der Waals surface area contributed by atoms with Crippen molar-refractivity contribution in [3.63, 3.8) is 0 Å². The summed E-state index contributed by atoms with van der Waals surface area (Å²) in [4.78, 5) is 24.0. The van der Waals surface area contributed by atoms with E-state index in [0.29, 0.717) is 22.8 Å². The van der Waals surface area contributed by atoms with Gasteiger partial charge in [-0.3, -0.25) is 20.4 Å². The second kappa shape index (κ2) is 7.28. The SMILES string of the molecule is Cc1noc(C)c1C(=O)NNC(=O)[C@@H](C)Oc1cccc(Br)c1. The lowest BCUT2D eigenvalue weighted by molar-refractivity contribution is -0.128. The molecule has 1 aromatic heterocycles. The van der Waals surface area contributed by atoms with Crippen LogP contribution < -0.4 is 15.6 Å². The zero-order chi connectivity index (χ0) is 17.0. The second-order valence-corrected chi connectivity index (χ2v) is 5.78. The number of benzene rings is 1. The Balaban J connectivity index is 1.90. The van der Waals surface area contributed by atoms with Crippen molar-refractivity contribution in [2.24, 2.45) is 0 Å². The van der Waals surface area contributed by atoms with E-state index in [9.17, 15) is 9.59 Å². The first-order chi connectivity index (χ1) is 10.9. The Morgan fingerprint density at radius 1 is 1.30 bits per heavy atom. The molecule has 23 heavy (non-hydrogen) atoms. The number of halogens is 1. The summed E-state index contributed by atoms with van der Waals surface area (Å²) < 4.78 is 11.3. The van der Waals surface area contributed by atoms with Gasteiger partial charge in [0.25, 0.3) is 11.8 Å². The van der Waals surface area contributed by atoms with Crippen LogP contribution in [0.4, 0.5) is 0 Å². The number of hydrazine groups is 1. The van der Waals surface area contributed by atoms with Crippen LogP contribution in [0.3, 0.4) is 0 Å². The molecule has 0 spiro atoms. The fraction of sp³-hybridized carbons (Fsp3) is 0.267. The molecule has 2 aromatic rings. The first-order valence-corrected chi connectivity index (χ1v) is 7.63. The maximum atomic E-state index is 12.0. The first kappa shape index (κ1) is 17.0. The van der Waals surface area contributed by atoms with E-state index in [1.807, 2.05) is 6.07 Å². The Hall–Kier alpha value is -2.35. The molecule has 122 valence electrons. The standard InChI is InChI=1S/C15H16BrN3O4/c1-8-13(9(2)23-19-8)15(21)18-17-14(20)10(3)22-12-6-4-5-11(16)7-12/h4-7,10H,1-3H3,(H,17,20)(H,18,21)/t10-/m1/s1. The number of ether oxygens (including phenoxy) is 1. The van der Waals surface area contributed by atoms with Gasteiger partial charge in [0.15, 0.2) is 6.10 Å². The van der Waals surface area contributed by atoms with Gasteiger partial charge in [-0.25, -0.2) is 0 Å². The Morgan fingerprint density at radius 3 is 2.65 bits per heavy atom. The number of hydrogen-bond donors (Lipinski definition) is 2. The molecule has 2 N–H and O–H groups in total. The van der Waals surface area contributed by atoms with Gasteiger partial charge in [0.2, 0.25) is 0 Å². The van der Waals surface area contributed by atoms with Gasteiger partial charge in [-0.15, -0.1) is 0 Å². The molecule has 2 amide bonds.